The first kappa shape index (κ1) is 15.1. The lowest BCUT2D eigenvalue weighted by Gasteiger charge is -2.12. The van der Waals surface area contributed by atoms with Gasteiger partial charge in [-0.25, -0.2) is 0 Å². The molecule has 0 aliphatic carbocycles. The molecule has 0 saturated heterocycles. The Bertz CT molecular complexity index is 960. The Balaban J connectivity index is 1.84. The Morgan fingerprint density at radius 3 is 2.28 bits per heavy atom. The van der Waals surface area contributed by atoms with Crippen LogP contribution < -0.4 is 5.32 Å². The number of benzene rings is 2. The van der Waals surface area contributed by atoms with Crippen LogP contribution >= 0.6 is 0 Å². The second-order valence-corrected chi connectivity index (χ2v) is 5.72. The number of aromatic nitrogens is 4. The van der Waals surface area contributed by atoms with Crippen LogP contribution in [0.25, 0.3) is 17.2 Å². The summed E-state index contributed by atoms with van der Waals surface area (Å²) in [5, 5.41) is 12.1. The van der Waals surface area contributed by atoms with Crippen molar-refractivity contribution in [3.05, 3.63) is 84.6 Å². The molecule has 4 aromatic rings. The fourth-order valence-electron chi connectivity index (χ4n) is 2.62. The van der Waals surface area contributed by atoms with E-state index >= 15 is 0 Å². The van der Waals surface area contributed by atoms with E-state index in [4.69, 9.17) is 0 Å². The molecule has 1 N–H and O–H groups in total. The third kappa shape index (κ3) is 3.12. The number of para-hydroxylation sites is 1. The number of aryl methyl sites for hydroxylation is 1. The second kappa shape index (κ2) is 6.57. The summed E-state index contributed by atoms with van der Waals surface area (Å²) in [5.74, 6) is 1.35. The highest BCUT2D eigenvalue weighted by molar-refractivity contribution is 5.62. The predicted octanol–water partition coefficient (Wildman–Crippen LogP) is 4.38. The lowest BCUT2D eigenvalue weighted by molar-refractivity contribution is 1.05. The summed E-state index contributed by atoms with van der Waals surface area (Å²) < 4.78 is 1.98. The van der Waals surface area contributed by atoms with Gasteiger partial charge in [-0.3, -0.25) is 9.55 Å². The average Bonchev–Trinajstić information content (AvgIpc) is 3.07. The van der Waals surface area contributed by atoms with Gasteiger partial charge in [0, 0.05) is 11.9 Å². The quantitative estimate of drug-likeness (QED) is 0.604. The van der Waals surface area contributed by atoms with E-state index in [-0.39, 0.29) is 0 Å². The van der Waals surface area contributed by atoms with E-state index in [1.54, 1.807) is 6.20 Å². The molecule has 0 aliphatic heterocycles. The maximum Gasteiger partial charge on any atom is 0.234 e. The lowest BCUT2D eigenvalue weighted by atomic mass is 10.2. The van der Waals surface area contributed by atoms with Crippen LogP contribution in [0.4, 0.5) is 11.6 Å². The minimum Gasteiger partial charge on any atom is -0.324 e. The summed E-state index contributed by atoms with van der Waals surface area (Å²) in [6, 6.07) is 24.0. The van der Waals surface area contributed by atoms with Crippen molar-refractivity contribution < 1.29 is 0 Å². The van der Waals surface area contributed by atoms with Gasteiger partial charge < -0.3 is 5.32 Å². The van der Waals surface area contributed by atoms with Crippen molar-refractivity contribution in [2.75, 3.05) is 5.32 Å². The van der Waals surface area contributed by atoms with Gasteiger partial charge in [0.1, 0.15) is 5.69 Å². The predicted molar refractivity (Wildman–Crippen MR) is 99.1 cm³/mol. The van der Waals surface area contributed by atoms with Crippen molar-refractivity contribution in [1.82, 2.24) is 19.7 Å². The summed E-state index contributed by atoms with van der Waals surface area (Å²) in [7, 11) is 0. The van der Waals surface area contributed by atoms with Crippen molar-refractivity contribution in [3.63, 3.8) is 0 Å². The first-order valence-corrected chi connectivity index (χ1v) is 8.07. The Kier molecular flexibility index (Phi) is 3.96. The van der Waals surface area contributed by atoms with Crippen LogP contribution in [0, 0.1) is 6.92 Å². The van der Waals surface area contributed by atoms with Crippen LogP contribution in [-0.2, 0) is 0 Å². The highest BCUT2D eigenvalue weighted by atomic mass is 15.4. The summed E-state index contributed by atoms with van der Waals surface area (Å²) in [6.07, 6.45) is 1.76. The molecular formula is C20H17N5. The topological polar surface area (TPSA) is 55.6 Å². The minimum absolute atomic E-state index is 0.649. The molecule has 4 rings (SSSR count). The molecular weight excluding hydrogens is 310 g/mol. The van der Waals surface area contributed by atoms with E-state index < -0.39 is 0 Å². The standard InChI is InChI=1S/C20H17N5/c1-15-10-12-17(13-11-15)25-19(18-9-5-6-14-21-18)23-24-20(25)22-16-7-3-2-4-8-16/h2-14H,1H3,(H,22,24). The van der Waals surface area contributed by atoms with Crippen molar-refractivity contribution in [2.45, 2.75) is 6.92 Å². The van der Waals surface area contributed by atoms with Gasteiger partial charge >= 0.3 is 0 Å². The van der Waals surface area contributed by atoms with E-state index in [2.05, 4.69) is 51.7 Å². The molecule has 2 heterocycles. The molecule has 2 aromatic carbocycles. The molecule has 0 aliphatic rings. The first-order chi connectivity index (χ1) is 12.3. The molecule has 122 valence electrons. The van der Waals surface area contributed by atoms with Crippen molar-refractivity contribution in [1.29, 1.82) is 0 Å². The normalized spacial score (nSPS) is 10.6. The van der Waals surface area contributed by atoms with Gasteiger partial charge in [-0.05, 0) is 43.3 Å². The first-order valence-electron chi connectivity index (χ1n) is 8.07. The number of rotatable bonds is 4. The van der Waals surface area contributed by atoms with Crippen molar-refractivity contribution in [2.24, 2.45) is 0 Å². The van der Waals surface area contributed by atoms with Crippen LogP contribution in [-0.4, -0.2) is 19.7 Å². The van der Waals surface area contributed by atoms with Gasteiger partial charge in [0.25, 0.3) is 0 Å². The summed E-state index contributed by atoms with van der Waals surface area (Å²) >= 11 is 0. The Labute approximate surface area is 146 Å². The van der Waals surface area contributed by atoms with Gasteiger partial charge in [-0.15, -0.1) is 10.2 Å². The molecule has 2 aromatic heterocycles. The third-order valence-corrected chi connectivity index (χ3v) is 3.88. The Hall–Kier alpha value is -3.47. The number of hydrogen-bond donors (Lipinski definition) is 1. The zero-order chi connectivity index (χ0) is 17.1. The number of nitrogens with one attached hydrogen (secondary N) is 1. The molecule has 0 fully saturated rings. The van der Waals surface area contributed by atoms with Crippen molar-refractivity contribution >= 4 is 11.6 Å². The van der Waals surface area contributed by atoms with Crippen LogP contribution in [0.1, 0.15) is 5.56 Å². The zero-order valence-electron chi connectivity index (χ0n) is 13.8. The van der Waals surface area contributed by atoms with E-state index in [0.29, 0.717) is 11.8 Å². The van der Waals surface area contributed by atoms with E-state index in [9.17, 15) is 0 Å². The molecule has 25 heavy (non-hydrogen) atoms. The molecule has 0 radical (unpaired) electrons. The van der Waals surface area contributed by atoms with Gasteiger partial charge in [0.15, 0.2) is 5.82 Å². The maximum absolute atomic E-state index is 4.42. The van der Waals surface area contributed by atoms with Crippen LogP contribution in [0.3, 0.4) is 0 Å². The van der Waals surface area contributed by atoms with Crippen LogP contribution in [0.15, 0.2) is 79.0 Å². The molecule has 0 bridgehead atoms. The number of hydrogen-bond acceptors (Lipinski definition) is 4. The highest BCUT2D eigenvalue weighted by Gasteiger charge is 2.16. The summed E-state index contributed by atoms with van der Waals surface area (Å²) in [6.45, 7) is 2.07. The lowest BCUT2D eigenvalue weighted by Crippen LogP contribution is -2.04. The largest absolute Gasteiger partial charge is 0.324 e. The fourth-order valence-corrected chi connectivity index (χ4v) is 2.62. The molecule has 0 amide bonds. The molecule has 0 saturated carbocycles. The minimum atomic E-state index is 0.649. The second-order valence-electron chi connectivity index (χ2n) is 5.72. The zero-order valence-corrected chi connectivity index (χ0v) is 13.8. The van der Waals surface area contributed by atoms with Gasteiger partial charge in [0.05, 0.1) is 5.69 Å². The molecule has 5 heteroatoms. The smallest absolute Gasteiger partial charge is 0.234 e. The summed E-state index contributed by atoms with van der Waals surface area (Å²) in [5.41, 5.74) is 3.91. The molecule has 0 atom stereocenters. The number of nitrogens with zero attached hydrogens (tertiary/aromatic N) is 4. The number of pyridine rings is 1. The molecule has 5 nitrogen and oxygen atoms in total. The van der Waals surface area contributed by atoms with Gasteiger partial charge in [0.2, 0.25) is 5.95 Å². The summed E-state index contributed by atoms with van der Waals surface area (Å²) in [4.78, 5) is 4.42. The third-order valence-electron chi connectivity index (χ3n) is 3.88. The van der Waals surface area contributed by atoms with E-state index in [1.165, 1.54) is 5.56 Å². The van der Waals surface area contributed by atoms with Gasteiger partial charge in [-0.1, -0.05) is 42.0 Å². The SMILES string of the molecule is Cc1ccc(-n2c(Nc3ccccc3)nnc2-c2ccccn2)cc1. The maximum atomic E-state index is 4.42. The van der Waals surface area contributed by atoms with Crippen LogP contribution in [0.2, 0.25) is 0 Å². The van der Waals surface area contributed by atoms with E-state index in [0.717, 1.165) is 17.1 Å². The Morgan fingerprint density at radius 1 is 0.800 bits per heavy atom. The molecule has 0 spiro atoms. The number of anilines is 2. The van der Waals surface area contributed by atoms with E-state index in [1.807, 2.05) is 53.1 Å². The average molecular weight is 327 g/mol. The monoisotopic (exact) mass is 327 g/mol. The van der Waals surface area contributed by atoms with Gasteiger partial charge in [-0.2, -0.15) is 0 Å². The molecule has 0 unspecified atom stereocenters. The van der Waals surface area contributed by atoms with Crippen molar-refractivity contribution in [3.8, 4) is 17.2 Å². The van der Waals surface area contributed by atoms with Crippen LogP contribution in [0.5, 0.6) is 0 Å². The Morgan fingerprint density at radius 2 is 1.56 bits per heavy atom. The fraction of sp³-hybridized carbons (Fsp3) is 0.0500. The highest BCUT2D eigenvalue weighted by Crippen LogP contribution is 2.26.